The van der Waals surface area contributed by atoms with E-state index in [0.717, 1.165) is 31.2 Å². The molecule has 1 aliphatic heterocycles. The molecule has 5 heteroatoms. The van der Waals surface area contributed by atoms with Crippen molar-refractivity contribution in [1.82, 2.24) is 9.88 Å². The van der Waals surface area contributed by atoms with Crippen molar-refractivity contribution in [3.63, 3.8) is 0 Å². The summed E-state index contributed by atoms with van der Waals surface area (Å²) in [6, 6.07) is 0.352. The van der Waals surface area contributed by atoms with E-state index in [2.05, 4.69) is 22.1 Å². The molecule has 0 spiro atoms. The van der Waals surface area contributed by atoms with Crippen molar-refractivity contribution in [1.29, 1.82) is 0 Å². The van der Waals surface area contributed by atoms with Gasteiger partial charge in [0.2, 0.25) is 0 Å². The SMILES string of the molecule is CCNc1ncc(CN2CCCC2CO)s1. The molecule has 1 unspecified atom stereocenters. The molecule has 1 aromatic rings. The van der Waals surface area contributed by atoms with E-state index in [4.69, 9.17) is 0 Å². The quantitative estimate of drug-likeness (QED) is 0.821. The standard InChI is InChI=1S/C11H19N3OS/c1-2-12-11-13-6-10(16-11)7-14-5-3-4-9(14)8-15/h6,9,15H,2-5,7-8H2,1H3,(H,12,13). The lowest BCUT2D eigenvalue weighted by atomic mass is 10.2. The molecular formula is C11H19N3OS. The van der Waals surface area contributed by atoms with E-state index in [-0.39, 0.29) is 6.61 Å². The van der Waals surface area contributed by atoms with Crippen molar-refractivity contribution in [2.24, 2.45) is 0 Å². The number of aliphatic hydroxyl groups is 1. The third kappa shape index (κ3) is 2.72. The Morgan fingerprint density at radius 3 is 3.31 bits per heavy atom. The highest BCUT2D eigenvalue weighted by Crippen LogP contribution is 2.24. The predicted octanol–water partition coefficient (Wildman–Crippen LogP) is 1.53. The van der Waals surface area contributed by atoms with Gasteiger partial charge in [-0.15, -0.1) is 11.3 Å². The summed E-state index contributed by atoms with van der Waals surface area (Å²) in [7, 11) is 0. The zero-order valence-corrected chi connectivity index (χ0v) is 10.5. The van der Waals surface area contributed by atoms with Gasteiger partial charge in [0.25, 0.3) is 0 Å². The fourth-order valence-corrected chi connectivity index (χ4v) is 3.03. The van der Waals surface area contributed by atoms with E-state index < -0.39 is 0 Å². The molecule has 2 N–H and O–H groups in total. The number of rotatable bonds is 5. The molecule has 1 aliphatic rings. The molecule has 0 bridgehead atoms. The fourth-order valence-electron chi connectivity index (χ4n) is 2.12. The van der Waals surface area contributed by atoms with Crippen LogP contribution in [-0.2, 0) is 6.54 Å². The molecule has 90 valence electrons. The van der Waals surface area contributed by atoms with E-state index in [1.54, 1.807) is 11.3 Å². The summed E-state index contributed by atoms with van der Waals surface area (Å²) in [5.74, 6) is 0. The van der Waals surface area contributed by atoms with Crippen LogP contribution in [0, 0.1) is 0 Å². The number of nitrogens with one attached hydrogen (secondary N) is 1. The van der Waals surface area contributed by atoms with Crippen molar-refractivity contribution in [2.45, 2.75) is 32.4 Å². The second-order valence-corrected chi connectivity index (χ2v) is 5.23. The first-order chi connectivity index (χ1) is 7.83. The van der Waals surface area contributed by atoms with Gasteiger partial charge < -0.3 is 10.4 Å². The Morgan fingerprint density at radius 1 is 1.69 bits per heavy atom. The Hall–Kier alpha value is -0.650. The molecule has 0 aromatic carbocycles. The average Bonchev–Trinajstić information content (AvgIpc) is 2.89. The molecule has 2 heterocycles. The minimum Gasteiger partial charge on any atom is -0.395 e. The third-order valence-corrected chi connectivity index (χ3v) is 3.89. The molecule has 1 fully saturated rings. The van der Waals surface area contributed by atoms with Crippen LogP contribution >= 0.6 is 11.3 Å². The molecule has 1 saturated heterocycles. The molecule has 2 rings (SSSR count). The van der Waals surface area contributed by atoms with Gasteiger partial charge in [0.05, 0.1) is 6.61 Å². The first-order valence-electron chi connectivity index (χ1n) is 5.87. The van der Waals surface area contributed by atoms with Gasteiger partial charge >= 0.3 is 0 Å². The average molecular weight is 241 g/mol. The zero-order chi connectivity index (χ0) is 11.4. The van der Waals surface area contributed by atoms with Gasteiger partial charge in [0.1, 0.15) is 0 Å². The van der Waals surface area contributed by atoms with Crippen molar-refractivity contribution >= 4 is 16.5 Å². The molecule has 4 nitrogen and oxygen atoms in total. The van der Waals surface area contributed by atoms with Crippen LogP contribution in [0.1, 0.15) is 24.6 Å². The summed E-state index contributed by atoms with van der Waals surface area (Å²) in [5.41, 5.74) is 0. The van der Waals surface area contributed by atoms with Crippen molar-refractivity contribution in [3.8, 4) is 0 Å². The highest BCUT2D eigenvalue weighted by molar-refractivity contribution is 7.15. The van der Waals surface area contributed by atoms with E-state index in [9.17, 15) is 5.11 Å². The van der Waals surface area contributed by atoms with Gasteiger partial charge in [0, 0.05) is 30.2 Å². The lowest BCUT2D eigenvalue weighted by Gasteiger charge is -2.21. The monoisotopic (exact) mass is 241 g/mol. The van der Waals surface area contributed by atoms with Gasteiger partial charge in [-0.25, -0.2) is 4.98 Å². The molecule has 0 radical (unpaired) electrons. The maximum Gasteiger partial charge on any atom is 0.182 e. The summed E-state index contributed by atoms with van der Waals surface area (Å²) in [4.78, 5) is 7.94. The number of aromatic nitrogens is 1. The van der Waals surface area contributed by atoms with Gasteiger partial charge in [-0.3, -0.25) is 4.90 Å². The summed E-state index contributed by atoms with van der Waals surface area (Å²) in [6.07, 6.45) is 4.26. The minimum atomic E-state index is 0.277. The number of thiazole rings is 1. The van der Waals surface area contributed by atoms with Crippen molar-refractivity contribution in [2.75, 3.05) is 25.0 Å². The summed E-state index contributed by atoms with van der Waals surface area (Å²) in [5, 5.41) is 13.5. The van der Waals surface area contributed by atoms with Crippen LogP contribution in [0.2, 0.25) is 0 Å². The predicted molar refractivity (Wildman–Crippen MR) is 66.8 cm³/mol. The summed E-state index contributed by atoms with van der Waals surface area (Å²) in [6.45, 7) is 5.28. The molecular weight excluding hydrogens is 222 g/mol. The first kappa shape index (κ1) is 11.8. The number of anilines is 1. The highest BCUT2D eigenvalue weighted by atomic mass is 32.1. The highest BCUT2D eigenvalue weighted by Gasteiger charge is 2.24. The van der Waals surface area contributed by atoms with Crippen molar-refractivity contribution in [3.05, 3.63) is 11.1 Å². The van der Waals surface area contributed by atoms with Crippen LogP contribution in [0.25, 0.3) is 0 Å². The van der Waals surface area contributed by atoms with Crippen LogP contribution in [0.15, 0.2) is 6.20 Å². The number of hydrogen-bond acceptors (Lipinski definition) is 5. The Kier molecular flexibility index (Phi) is 4.15. The zero-order valence-electron chi connectivity index (χ0n) is 9.65. The fraction of sp³-hybridized carbons (Fsp3) is 0.727. The van der Waals surface area contributed by atoms with E-state index in [1.807, 2.05) is 6.20 Å². The summed E-state index contributed by atoms with van der Waals surface area (Å²) < 4.78 is 0. The van der Waals surface area contributed by atoms with Gasteiger partial charge in [-0.1, -0.05) is 0 Å². The van der Waals surface area contributed by atoms with Crippen molar-refractivity contribution < 1.29 is 5.11 Å². The van der Waals surface area contributed by atoms with Gasteiger partial charge in [-0.2, -0.15) is 0 Å². The number of aliphatic hydroxyl groups excluding tert-OH is 1. The van der Waals surface area contributed by atoms with Crippen LogP contribution in [0.3, 0.4) is 0 Å². The smallest absolute Gasteiger partial charge is 0.182 e. The molecule has 16 heavy (non-hydrogen) atoms. The first-order valence-corrected chi connectivity index (χ1v) is 6.68. The molecule has 0 aliphatic carbocycles. The van der Waals surface area contributed by atoms with E-state index in [0.29, 0.717) is 6.04 Å². The van der Waals surface area contributed by atoms with Gasteiger partial charge in [-0.05, 0) is 26.3 Å². The Labute approximate surface area is 100 Å². The molecule has 0 saturated carbocycles. The van der Waals surface area contributed by atoms with Crippen LogP contribution < -0.4 is 5.32 Å². The lowest BCUT2D eigenvalue weighted by Crippen LogP contribution is -2.31. The Morgan fingerprint density at radius 2 is 2.56 bits per heavy atom. The van der Waals surface area contributed by atoms with E-state index in [1.165, 1.54) is 11.3 Å². The Balaban J connectivity index is 1.92. The van der Waals surface area contributed by atoms with Crippen LogP contribution in [-0.4, -0.2) is 40.7 Å². The summed E-state index contributed by atoms with van der Waals surface area (Å²) >= 11 is 1.71. The second-order valence-electron chi connectivity index (χ2n) is 4.11. The molecule has 0 amide bonds. The Bertz CT molecular complexity index is 329. The minimum absolute atomic E-state index is 0.277. The molecule has 1 aromatic heterocycles. The largest absolute Gasteiger partial charge is 0.395 e. The molecule has 1 atom stereocenters. The lowest BCUT2D eigenvalue weighted by molar-refractivity contribution is 0.154. The number of hydrogen-bond donors (Lipinski definition) is 2. The normalized spacial score (nSPS) is 21.5. The van der Waals surface area contributed by atoms with E-state index >= 15 is 0 Å². The van der Waals surface area contributed by atoms with Crippen LogP contribution in [0.5, 0.6) is 0 Å². The number of likely N-dealkylation sites (tertiary alicyclic amines) is 1. The maximum absolute atomic E-state index is 9.24. The third-order valence-electron chi connectivity index (χ3n) is 2.95. The topological polar surface area (TPSA) is 48.4 Å². The van der Waals surface area contributed by atoms with Crippen LogP contribution in [0.4, 0.5) is 5.13 Å². The maximum atomic E-state index is 9.24. The second kappa shape index (κ2) is 5.61. The number of nitrogens with zero attached hydrogens (tertiary/aromatic N) is 2. The van der Waals surface area contributed by atoms with Gasteiger partial charge in [0.15, 0.2) is 5.13 Å².